The minimum absolute atomic E-state index is 0.217. The summed E-state index contributed by atoms with van der Waals surface area (Å²) in [6, 6.07) is 19.4. The van der Waals surface area contributed by atoms with Crippen molar-refractivity contribution < 1.29 is 5.11 Å². The summed E-state index contributed by atoms with van der Waals surface area (Å²) in [5, 5.41) is 10.7. The maximum Gasteiger partial charge on any atom is 0.117 e. The lowest BCUT2D eigenvalue weighted by atomic mass is 10.2. The number of pyridine rings is 1. The largest absolute Gasteiger partial charge is 0.508 e. The SMILES string of the molecule is Cc1cc(C=Nc2cccc(O)c2)c(C)n1-c1ccc2ncccc2c1. The van der Waals surface area contributed by atoms with Crippen molar-refractivity contribution in [2.75, 3.05) is 0 Å². The van der Waals surface area contributed by atoms with Crippen LogP contribution >= 0.6 is 0 Å². The molecule has 0 saturated carbocycles. The summed E-state index contributed by atoms with van der Waals surface area (Å²) >= 11 is 0. The third kappa shape index (κ3) is 2.97. The van der Waals surface area contributed by atoms with Crippen molar-refractivity contribution in [1.82, 2.24) is 9.55 Å². The third-order valence-electron chi connectivity index (χ3n) is 4.50. The van der Waals surface area contributed by atoms with Gasteiger partial charge in [0.2, 0.25) is 0 Å². The van der Waals surface area contributed by atoms with Gasteiger partial charge in [0.25, 0.3) is 0 Å². The Balaban J connectivity index is 1.74. The van der Waals surface area contributed by atoms with Crippen molar-refractivity contribution in [3.63, 3.8) is 0 Å². The number of hydrogen-bond donors (Lipinski definition) is 1. The van der Waals surface area contributed by atoms with Crippen LogP contribution in [-0.2, 0) is 0 Å². The molecule has 0 spiro atoms. The van der Waals surface area contributed by atoms with Crippen molar-refractivity contribution >= 4 is 22.8 Å². The van der Waals surface area contributed by atoms with Crippen LogP contribution in [0.4, 0.5) is 5.69 Å². The van der Waals surface area contributed by atoms with Gasteiger partial charge in [0.1, 0.15) is 5.75 Å². The number of phenolic OH excluding ortho intramolecular Hbond substituents is 1. The standard InChI is InChI=1S/C22H19N3O/c1-15-11-18(14-24-19-6-3-7-21(26)13-19)16(2)25(15)20-8-9-22-17(12-20)5-4-10-23-22/h3-14,26H,1-2H3. The number of aromatic nitrogens is 2. The summed E-state index contributed by atoms with van der Waals surface area (Å²) in [4.78, 5) is 8.87. The highest BCUT2D eigenvalue weighted by Gasteiger charge is 2.10. The molecule has 0 saturated heterocycles. The van der Waals surface area contributed by atoms with E-state index in [1.54, 1.807) is 18.2 Å². The number of nitrogens with zero attached hydrogens (tertiary/aromatic N) is 3. The molecule has 26 heavy (non-hydrogen) atoms. The number of aromatic hydroxyl groups is 1. The number of hydrogen-bond acceptors (Lipinski definition) is 3. The highest BCUT2D eigenvalue weighted by atomic mass is 16.3. The summed E-state index contributed by atoms with van der Waals surface area (Å²) in [6.07, 6.45) is 3.65. The Morgan fingerprint density at radius 3 is 2.73 bits per heavy atom. The predicted molar refractivity (Wildman–Crippen MR) is 106 cm³/mol. The average molecular weight is 341 g/mol. The molecule has 4 heteroatoms. The van der Waals surface area contributed by atoms with Crippen LogP contribution < -0.4 is 0 Å². The van der Waals surface area contributed by atoms with Gasteiger partial charge in [0.15, 0.2) is 0 Å². The van der Waals surface area contributed by atoms with E-state index in [1.165, 1.54) is 0 Å². The fourth-order valence-electron chi connectivity index (χ4n) is 3.24. The van der Waals surface area contributed by atoms with Crippen molar-refractivity contribution in [3.8, 4) is 11.4 Å². The molecule has 2 aromatic heterocycles. The summed E-state index contributed by atoms with van der Waals surface area (Å²) in [5.41, 5.74) is 6.14. The van der Waals surface area contributed by atoms with E-state index in [9.17, 15) is 5.11 Å². The first-order valence-corrected chi connectivity index (χ1v) is 8.49. The average Bonchev–Trinajstić information content (AvgIpc) is 2.93. The van der Waals surface area contributed by atoms with Gasteiger partial charge in [-0.3, -0.25) is 9.98 Å². The molecule has 4 rings (SSSR count). The van der Waals surface area contributed by atoms with Crippen LogP contribution in [0.15, 0.2) is 71.9 Å². The van der Waals surface area contributed by atoms with Crippen molar-refractivity contribution in [1.29, 1.82) is 0 Å². The molecule has 4 aromatic rings. The van der Waals surface area contributed by atoms with Crippen LogP contribution in [0, 0.1) is 13.8 Å². The van der Waals surface area contributed by atoms with Gasteiger partial charge in [-0.15, -0.1) is 0 Å². The number of aliphatic imine (C=N–C) groups is 1. The number of aryl methyl sites for hydroxylation is 1. The Kier molecular flexibility index (Phi) is 4.01. The zero-order chi connectivity index (χ0) is 18.1. The zero-order valence-electron chi connectivity index (χ0n) is 14.7. The van der Waals surface area contributed by atoms with Gasteiger partial charge in [-0.2, -0.15) is 0 Å². The van der Waals surface area contributed by atoms with Crippen LogP contribution in [0.25, 0.3) is 16.6 Å². The first-order chi connectivity index (χ1) is 12.6. The maximum atomic E-state index is 9.57. The summed E-state index contributed by atoms with van der Waals surface area (Å²) in [5.74, 6) is 0.217. The molecule has 0 amide bonds. The van der Waals surface area contributed by atoms with Crippen LogP contribution in [0.2, 0.25) is 0 Å². The number of phenols is 1. The molecule has 0 fully saturated rings. The first-order valence-electron chi connectivity index (χ1n) is 8.49. The number of fused-ring (bicyclic) bond motifs is 1. The number of benzene rings is 2. The minimum Gasteiger partial charge on any atom is -0.508 e. The summed E-state index contributed by atoms with van der Waals surface area (Å²) in [7, 11) is 0. The Hall–Kier alpha value is -3.40. The smallest absolute Gasteiger partial charge is 0.117 e. The lowest BCUT2D eigenvalue weighted by molar-refractivity contribution is 0.475. The van der Waals surface area contributed by atoms with Gasteiger partial charge in [-0.1, -0.05) is 12.1 Å². The molecule has 128 valence electrons. The monoisotopic (exact) mass is 341 g/mol. The molecule has 4 nitrogen and oxygen atoms in total. The quantitative estimate of drug-likeness (QED) is 0.527. The van der Waals surface area contributed by atoms with E-state index in [-0.39, 0.29) is 5.75 Å². The van der Waals surface area contributed by atoms with E-state index in [2.05, 4.69) is 52.7 Å². The molecule has 0 unspecified atom stereocenters. The molecule has 2 aromatic carbocycles. The Morgan fingerprint density at radius 1 is 1.00 bits per heavy atom. The fourth-order valence-corrected chi connectivity index (χ4v) is 3.24. The van der Waals surface area contributed by atoms with Crippen LogP contribution in [0.5, 0.6) is 5.75 Å². The molecular weight excluding hydrogens is 322 g/mol. The van der Waals surface area contributed by atoms with E-state index < -0.39 is 0 Å². The lowest BCUT2D eigenvalue weighted by Crippen LogP contribution is -1.99. The Labute approximate surface area is 152 Å². The zero-order valence-corrected chi connectivity index (χ0v) is 14.7. The second-order valence-corrected chi connectivity index (χ2v) is 6.32. The number of rotatable bonds is 3. The second kappa shape index (κ2) is 6.48. The van der Waals surface area contributed by atoms with Crippen LogP contribution in [0.3, 0.4) is 0 Å². The van der Waals surface area contributed by atoms with E-state index >= 15 is 0 Å². The normalized spacial score (nSPS) is 11.5. The van der Waals surface area contributed by atoms with E-state index in [0.29, 0.717) is 0 Å². The maximum absolute atomic E-state index is 9.57. The fraction of sp³-hybridized carbons (Fsp3) is 0.0909. The predicted octanol–water partition coefficient (Wildman–Crippen LogP) is 5.10. The van der Waals surface area contributed by atoms with Gasteiger partial charge >= 0.3 is 0 Å². The van der Waals surface area contributed by atoms with Gasteiger partial charge in [0.05, 0.1) is 11.2 Å². The summed E-state index contributed by atoms with van der Waals surface area (Å²) < 4.78 is 2.22. The van der Waals surface area contributed by atoms with Gasteiger partial charge in [0, 0.05) is 46.5 Å². The van der Waals surface area contributed by atoms with Crippen LogP contribution in [-0.4, -0.2) is 20.9 Å². The molecular formula is C22H19N3O. The molecule has 2 heterocycles. The molecule has 0 bridgehead atoms. The van der Waals surface area contributed by atoms with Crippen molar-refractivity contribution in [3.05, 3.63) is 83.8 Å². The molecule has 0 aliphatic heterocycles. The van der Waals surface area contributed by atoms with Gasteiger partial charge in [-0.25, -0.2) is 0 Å². The Bertz CT molecular complexity index is 1130. The van der Waals surface area contributed by atoms with E-state index in [0.717, 1.165) is 39.2 Å². The molecule has 0 aliphatic rings. The summed E-state index contributed by atoms with van der Waals surface area (Å²) in [6.45, 7) is 4.18. The van der Waals surface area contributed by atoms with Gasteiger partial charge < -0.3 is 9.67 Å². The second-order valence-electron chi connectivity index (χ2n) is 6.32. The Morgan fingerprint density at radius 2 is 1.88 bits per heavy atom. The third-order valence-corrected chi connectivity index (χ3v) is 4.50. The first kappa shape index (κ1) is 16.1. The van der Waals surface area contributed by atoms with Gasteiger partial charge in [-0.05, 0) is 56.3 Å². The topological polar surface area (TPSA) is 50.4 Å². The van der Waals surface area contributed by atoms with E-state index in [1.807, 2.05) is 30.6 Å². The highest BCUT2D eigenvalue weighted by Crippen LogP contribution is 2.24. The highest BCUT2D eigenvalue weighted by molar-refractivity contribution is 5.85. The van der Waals surface area contributed by atoms with Crippen molar-refractivity contribution in [2.45, 2.75) is 13.8 Å². The molecule has 0 atom stereocenters. The van der Waals surface area contributed by atoms with Crippen LogP contribution in [0.1, 0.15) is 17.0 Å². The molecule has 1 N–H and O–H groups in total. The minimum atomic E-state index is 0.217. The molecule has 0 aliphatic carbocycles. The van der Waals surface area contributed by atoms with Crippen molar-refractivity contribution in [2.24, 2.45) is 4.99 Å². The lowest BCUT2D eigenvalue weighted by Gasteiger charge is -2.10. The van der Waals surface area contributed by atoms with E-state index in [4.69, 9.17) is 0 Å². The molecule has 0 radical (unpaired) electrons.